The third-order valence-electron chi connectivity index (χ3n) is 3.13. The summed E-state index contributed by atoms with van der Waals surface area (Å²) in [6, 6.07) is 0. The van der Waals surface area contributed by atoms with Crippen molar-refractivity contribution in [3.8, 4) is 0 Å². The Morgan fingerprint density at radius 2 is 2.50 bits per heavy atom. The van der Waals surface area contributed by atoms with Crippen molar-refractivity contribution in [2.75, 3.05) is 19.7 Å². The number of aryl methyl sites for hydroxylation is 1. The number of aromatic nitrogens is 2. The molecule has 4 heteroatoms. The molecule has 1 N–H and O–H groups in total. The lowest BCUT2D eigenvalue weighted by molar-refractivity contribution is -0.0482. The van der Waals surface area contributed by atoms with Crippen LogP contribution in [0.25, 0.3) is 0 Å². The highest BCUT2D eigenvalue weighted by molar-refractivity contribution is 4.82. The van der Waals surface area contributed by atoms with Crippen LogP contribution in [0.15, 0.2) is 18.7 Å². The molecule has 16 heavy (non-hydrogen) atoms. The zero-order valence-electron chi connectivity index (χ0n) is 9.98. The first kappa shape index (κ1) is 11.6. The van der Waals surface area contributed by atoms with Gasteiger partial charge in [0.1, 0.15) is 0 Å². The molecule has 0 saturated carbocycles. The molecule has 0 bridgehead atoms. The predicted molar refractivity (Wildman–Crippen MR) is 63.3 cm³/mol. The van der Waals surface area contributed by atoms with Gasteiger partial charge in [0.2, 0.25) is 0 Å². The standard InChI is InChI=1S/C12H21N3O/c1-12(4-2-5-13-10-12)16-9-3-7-15-8-6-14-11-15/h6,8,11,13H,2-5,7,9-10H2,1H3. The molecule has 0 spiro atoms. The second-order valence-corrected chi connectivity index (χ2v) is 4.73. The first-order chi connectivity index (χ1) is 7.79. The van der Waals surface area contributed by atoms with Crippen molar-refractivity contribution >= 4 is 0 Å². The molecule has 90 valence electrons. The quantitative estimate of drug-likeness (QED) is 0.768. The fraction of sp³-hybridized carbons (Fsp3) is 0.750. The Morgan fingerprint density at radius 3 is 3.19 bits per heavy atom. The van der Waals surface area contributed by atoms with Crippen LogP contribution in [-0.4, -0.2) is 34.8 Å². The Balaban J connectivity index is 1.63. The van der Waals surface area contributed by atoms with Crippen LogP contribution in [-0.2, 0) is 11.3 Å². The van der Waals surface area contributed by atoms with Crippen LogP contribution in [0, 0.1) is 0 Å². The summed E-state index contributed by atoms with van der Waals surface area (Å²) in [5.74, 6) is 0. The zero-order chi connectivity index (χ0) is 11.3. The molecule has 1 aromatic rings. The van der Waals surface area contributed by atoms with E-state index in [-0.39, 0.29) is 5.60 Å². The van der Waals surface area contributed by atoms with E-state index in [1.165, 1.54) is 12.8 Å². The van der Waals surface area contributed by atoms with Crippen molar-refractivity contribution in [1.29, 1.82) is 0 Å². The number of piperidine rings is 1. The summed E-state index contributed by atoms with van der Waals surface area (Å²) in [5, 5.41) is 3.39. The number of hydrogen-bond acceptors (Lipinski definition) is 3. The Bertz CT molecular complexity index is 291. The van der Waals surface area contributed by atoms with Crippen LogP contribution >= 0.6 is 0 Å². The molecule has 1 aromatic heterocycles. The van der Waals surface area contributed by atoms with E-state index in [0.29, 0.717) is 0 Å². The van der Waals surface area contributed by atoms with E-state index in [1.807, 2.05) is 18.7 Å². The molecule has 1 aliphatic rings. The topological polar surface area (TPSA) is 39.1 Å². The summed E-state index contributed by atoms with van der Waals surface area (Å²) in [4.78, 5) is 4.02. The third-order valence-corrected chi connectivity index (χ3v) is 3.13. The largest absolute Gasteiger partial charge is 0.374 e. The van der Waals surface area contributed by atoms with Crippen LogP contribution in [0.5, 0.6) is 0 Å². The molecule has 0 radical (unpaired) electrons. The molecule has 0 aromatic carbocycles. The Kier molecular flexibility index (Phi) is 3.96. The summed E-state index contributed by atoms with van der Waals surface area (Å²) in [6.45, 7) is 6.14. The first-order valence-electron chi connectivity index (χ1n) is 6.09. The van der Waals surface area contributed by atoms with Crippen molar-refractivity contribution in [2.45, 2.75) is 38.3 Å². The van der Waals surface area contributed by atoms with Crippen LogP contribution in [0.2, 0.25) is 0 Å². The summed E-state index contributed by atoms with van der Waals surface area (Å²) >= 11 is 0. The van der Waals surface area contributed by atoms with E-state index in [9.17, 15) is 0 Å². The predicted octanol–water partition coefficient (Wildman–Crippen LogP) is 1.43. The Morgan fingerprint density at radius 1 is 1.56 bits per heavy atom. The van der Waals surface area contributed by atoms with Crippen molar-refractivity contribution < 1.29 is 4.74 Å². The second kappa shape index (κ2) is 5.46. The molecule has 1 saturated heterocycles. The second-order valence-electron chi connectivity index (χ2n) is 4.73. The summed E-state index contributed by atoms with van der Waals surface area (Å²) < 4.78 is 8.06. The first-order valence-corrected chi connectivity index (χ1v) is 6.09. The number of nitrogens with one attached hydrogen (secondary N) is 1. The molecule has 1 unspecified atom stereocenters. The van der Waals surface area contributed by atoms with Gasteiger partial charge in [0.15, 0.2) is 0 Å². The van der Waals surface area contributed by atoms with Crippen molar-refractivity contribution in [1.82, 2.24) is 14.9 Å². The number of ether oxygens (including phenoxy) is 1. The van der Waals surface area contributed by atoms with Crippen molar-refractivity contribution in [2.24, 2.45) is 0 Å². The lowest BCUT2D eigenvalue weighted by Crippen LogP contribution is -2.45. The van der Waals surface area contributed by atoms with Gasteiger partial charge in [-0.2, -0.15) is 0 Å². The summed E-state index contributed by atoms with van der Waals surface area (Å²) in [6.07, 6.45) is 9.09. The molecule has 1 aliphatic heterocycles. The third kappa shape index (κ3) is 3.32. The maximum Gasteiger partial charge on any atom is 0.0945 e. The van der Waals surface area contributed by atoms with Gasteiger partial charge in [-0.15, -0.1) is 0 Å². The monoisotopic (exact) mass is 223 g/mol. The molecule has 1 fully saturated rings. The van der Waals surface area contributed by atoms with Gasteiger partial charge in [-0.05, 0) is 32.7 Å². The lowest BCUT2D eigenvalue weighted by atomic mass is 9.96. The van der Waals surface area contributed by atoms with Gasteiger partial charge >= 0.3 is 0 Å². The van der Waals surface area contributed by atoms with Crippen molar-refractivity contribution in [3.05, 3.63) is 18.7 Å². The normalized spacial score (nSPS) is 25.8. The lowest BCUT2D eigenvalue weighted by Gasteiger charge is -2.34. The van der Waals surface area contributed by atoms with Gasteiger partial charge in [-0.3, -0.25) is 0 Å². The minimum atomic E-state index is 0.0488. The van der Waals surface area contributed by atoms with E-state index in [1.54, 1.807) is 0 Å². The number of nitrogens with zero attached hydrogens (tertiary/aromatic N) is 2. The molecule has 2 heterocycles. The maximum atomic E-state index is 5.97. The number of imidazole rings is 1. The van der Waals surface area contributed by atoms with Gasteiger partial charge in [0, 0.05) is 32.1 Å². The van der Waals surface area contributed by atoms with Crippen LogP contribution < -0.4 is 5.32 Å². The van der Waals surface area contributed by atoms with Crippen LogP contribution in [0.3, 0.4) is 0 Å². The zero-order valence-corrected chi connectivity index (χ0v) is 9.98. The SMILES string of the molecule is CC1(OCCCn2ccnc2)CCCNC1. The van der Waals surface area contributed by atoms with Gasteiger partial charge in [0.05, 0.1) is 11.9 Å². The van der Waals surface area contributed by atoms with Gasteiger partial charge in [-0.25, -0.2) is 4.98 Å². The van der Waals surface area contributed by atoms with E-state index in [2.05, 4.69) is 21.8 Å². The van der Waals surface area contributed by atoms with Crippen molar-refractivity contribution in [3.63, 3.8) is 0 Å². The average molecular weight is 223 g/mol. The Hall–Kier alpha value is -0.870. The van der Waals surface area contributed by atoms with E-state index < -0.39 is 0 Å². The van der Waals surface area contributed by atoms with Gasteiger partial charge in [-0.1, -0.05) is 0 Å². The Labute approximate surface area is 97.0 Å². The highest BCUT2D eigenvalue weighted by atomic mass is 16.5. The average Bonchev–Trinajstić information content (AvgIpc) is 2.78. The molecular weight excluding hydrogens is 202 g/mol. The van der Waals surface area contributed by atoms with E-state index in [4.69, 9.17) is 4.74 Å². The minimum absolute atomic E-state index is 0.0488. The highest BCUT2D eigenvalue weighted by Crippen LogP contribution is 2.20. The van der Waals surface area contributed by atoms with E-state index in [0.717, 1.165) is 32.7 Å². The maximum absolute atomic E-state index is 5.97. The van der Waals surface area contributed by atoms with Crippen LogP contribution in [0.1, 0.15) is 26.2 Å². The summed E-state index contributed by atoms with van der Waals surface area (Å²) in [7, 11) is 0. The highest BCUT2D eigenvalue weighted by Gasteiger charge is 2.26. The molecule has 1 atom stereocenters. The van der Waals surface area contributed by atoms with E-state index >= 15 is 0 Å². The number of hydrogen-bond donors (Lipinski definition) is 1. The fourth-order valence-electron chi connectivity index (χ4n) is 2.14. The fourth-order valence-corrected chi connectivity index (χ4v) is 2.14. The van der Waals surface area contributed by atoms with Gasteiger partial charge in [0.25, 0.3) is 0 Å². The molecular formula is C12H21N3O. The smallest absolute Gasteiger partial charge is 0.0945 e. The number of rotatable bonds is 5. The molecule has 0 aliphatic carbocycles. The van der Waals surface area contributed by atoms with Gasteiger partial charge < -0.3 is 14.6 Å². The van der Waals surface area contributed by atoms with Crippen LogP contribution in [0.4, 0.5) is 0 Å². The summed E-state index contributed by atoms with van der Waals surface area (Å²) in [5.41, 5.74) is 0.0488. The minimum Gasteiger partial charge on any atom is -0.374 e. The molecule has 0 amide bonds. The molecule has 2 rings (SSSR count). The molecule has 4 nitrogen and oxygen atoms in total.